The lowest BCUT2D eigenvalue weighted by molar-refractivity contribution is -0.119. The predicted octanol–water partition coefficient (Wildman–Crippen LogP) is 5.58. The van der Waals surface area contributed by atoms with Gasteiger partial charge < -0.3 is 10.1 Å². The van der Waals surface area contributed by atoms with Crippen molar-refractivity contribution in [3.8, 4) is 5.75 Å². The van der Waals surface area contributed by atoms with E-state index >= 15 is 0 Å². The van der Waals surface area contributed by atoms with Crippen LogP contribution in [0.15, 0.2) is 82.6 Å². The molecule has 0 heterocycles. The summed E-state index contributed by atoms with van der Waals surface area (Å²) >= 11 is 3.21. The third-order valence-corrected chi connectivity index (χ3v) is 8.97. The van der Waals surface area contributed by atoms with E-state index in [9.17, 15) is 17.6 Å². The van der Waals surface area contributed by atoms with Crippen molar-refractivity contribution in [3.63, 3.8) is 0 Å². The van der Waals surface area contributed by atoms with Gasteiger partial charge in [0.05, 0.1) is 17.2 Å². The Hall–Kier alpha value is -2.69. The minimum atomic E-state index is -4.04. The molecule has 1 N–H and O–H groups in total. The maximum atomic E-state index is 13.7. The zero-order chi connectivity index (χ0) is 26.7. The molecule has 3 aromatic carbocycles. The van der Waals surface area contributed by atoms with Gasteiger partial charge in [-0.25, -0.2) is 12.8 Å². The van der Waals surface area contributed by atoms with Crippen LogP contribution in [0, 0.1) is 5.82 Å². The number of nitrogens with zero attached hydrogens (tertiary/aromatic N) is 1. The molecule has 6 nitrogen and oxygen atoms in total. The molecule has 0 aromatic heterocycles. The SMILES string of the molecule is CCOc1ccccc1N(CC(=O)NCCCSCc1ccc(F)cc1)S(=O)(=O)c1ccc(SC)cc1. The summed E-state index contributed by atoms with van der Waals surface area (Å²) in [6.45, 7) is 2.21. The van der Waals surface area contributed by atoms with E-state index in [1.807, 2.05) is 13.2 Å². The monoisotopic (exact) mass is 562 g/mol. The molecule has 0 fully saturated rings. The van der Waals surface area contributed by atoms with Gasteiger partial charge in [-0.2, -0.15) is 11.8 Å². The van der Waals surface area contributed by atoms with Crippen LogP contribution in [0.4, 0.5) is 10.1 Å². The molecule has 0 aliphatic carbocycles. The van der Waals surface area contributed by atoms with E-state index in [0.717, 1.165) is 32.7 Å². The van der Waals surface area contributed by atoms with Gasteiger partial charge in [0.25, 0.3) is 10.0 Å². The summed E-state index contributed by atoms with van der Waals surface area (Å²) in [7, 11) is -4.04. The Morgan fingerprint density at radius 1 is 1.03 bits per heavy atom. The van der Waals surface area contributed by atoms with E-state index < -0.39 is 15.9 Å². The van der Waals surface area contributed by atoms with E-state index in [1.165, 1.54) is 23.9 Å². The molecule has 0 radical (unpaired) electrons. The molecule has 1 amide bonds. The number of rotatable bonds is 14. The van der Waals surface area contributed by atoms with Crippen molar-refractivity contribution in [2.45, 2.75) is 28.9 Å². The lowest BCUT2D eigenvalue weighted by Gasteiger charge is -2.26. The second-order valence-electron chi connectivity index (χ2n) is 7.97. The highest BCUT2D eigenvalue weighted by molar-refractivity contribution is 7.98. The molecular formula is C27H31FN2O4S3. The smallest absolute Gasteiger partial charge is 0.264 e. The third-order valence-electron chi connectivity index (χ3n) is 5.34. The summed E-state index contributed by atoms with van der Waals surface area (Å²) in [6.07, 6.45) is 2.63. The van der Waals surface area contributed by atoms with Gasteiger partial charge in [0.15, 0.2) is 0 Å². The number of carbonyl (C=O) groups is 1. The molecule has 3 aromatic rings. The minimum Gasteiger partial charge on any atom is -0.492 e. The third kappa shape index (κ3) is 8.41. The second kappa shape index (κ2) is 14.3. The van der Waals surface area contributed by atoms with E-state index in [0.29, 0.717) is 24.6 Å². The number of carbonyl (C=O) groups excluding carboxylic acids is 1. The quantitative estimate of drug-likeness (QED) is 0.204. The topological polar surface area (TPSA) is 75.7 Å². The molecule has 0 saturated carbocycles. The highest BCUT2D eigenvalue weighted by Gasteiger charge is 2.29. The zero-order valence-corrected chi connectivity index (χ0v) is 23.3. The maximum Gasteiger partial charge on any atom is 0.264 e. The Balaban J connectivity index is 1.66. The fourth-order valence-corrected chi connectivity index (χ4v) is 6.24. The van der Waals surface area contributed by atoms with Crippen molar-refractivity contribution in [1.82, 2.24) is 5.32 Å². The molecule has 0 spiro atoms. The summed E-state index contributed by atoms with van der Waals surface area (Å²) in [5.41, 5.74) is 1.35. The standard InChI is InChI=1S/C27H31FN2O4S3/c1-3-34-26-8-5-4-7-25(26)30(37(32,33)24-15-13-23(35-2)14-16-24)19-27(31)29-17-6-18-36-20-21-9-11-22(28)12-10-21/h4-5,7-16H,3,6,17-20H2,1-2H3,(H,29,31). The van der Waals surface area contributed by atoms with Crippen LogP contribution in [-0.4, -0.2) is 46.0 Å². The highest BCUT2D eigenvalue weighted by Crippen LogP contribution is 2.32. The molecule has 0 unspecified atom stereocenters. The van der Waals surface area contributed by atoms with Crippen LogP contribution < -0.4 is 14.4 Å². The summed E-state index contributed by atoms with van der Waals surface area (Å²) in [6, 6.07) is 19.8. The number of thioether (sulfide) groups is 2. The van der Waals surface area contributed by atoms with Crippen LogP contribution in [-0.2, 0) is 20.6 Å². The largest absolute Gasteiger partial charge is 0.492 e. The van der Waals surface area contributed by atoms with Crippen molar-refractivity contribution in [2.24, 2.45) is 0 Å². The Morgan fingerprint density at radius 2 is 1.73 bits per heavy atom. The Labute approximate surface area is 227 Å². The van der Waals surface area contributed by atoms with Crippen LogP contribution in [0.25, 0.3) is 0 Å². The van der Waals surface area contributed by atoms with Crippen molar-refractivity contribution >= 4 is 45.1 Å². The first-order chi connectivity index (χ1) is 17.8. The predicted molar refractivity (Wildman–Crippen MR) is 151 cm³/mol. The van der Waals surface area contributed by atoms with Gasteiger partial charge in [-0.3, -0.25) is 9.10 Å². The van der Waals surface area contributed by atoms with Crippen LogP contribution in [0.2, 0.25) is 0 Å². The molecule has 0 aliphatic heterocycles. The molecule has 10 heteroatoms. The number of anilines is 1. The average molecular weight is 563 g/mol. The number of ether oxygens (including phenoxy) is 1. The lowest BCUT2D eigenvalue weighted by Crippen LogP contribution is -2.41. The number of hydrogen-bond acceptors (Lipinski definition) is 6. The number of hydrogen-bond donors (Lipinski definition) is 1. The number of nitrogens with one attached hydrogen (secondary N) is 1. The van der Waals surface area contributed by atoms with E-state index in [4.69, 9.17) is 4.74 Å². The van der Waals surface area contributed by atoms with Crippen molar-refractivity contribution in [1.29, 1.82) is 0 Å². The number of sulfonamides is 1. The molecule has 0 saturated heterocycles. The van der Waals surface area contributed by atoms with E-state index in [1.54, 1.807) is 72.4 Å². The highest BCUT2D eigenvalue weighted by atomic mass is 32.2. The van der Waals surface area contributed by atoms with Crippen LogP contribution in [0.1, 0.15) is 18.9 Å². The fraction of sp³-hybridized carbons (Fsp3) is 0.296. The summed E-state index contributed by atoms with van der Waals surface area (Å²) in [5.74, 6) is 1.28. The van der Waals surface area contributed by atoms with Crippen LogP contribution >= 0.6 is 23.5 Å². The number of benzene rings is 3. The zero-order valence-electron chi connectivity index (χ0n) is 20.9. The van der Waals surface area contributed by atoms with Gasteiger partial charge in [0.2, 0.25) is 5.91 Å². The first-order valence-electron chi connectivity index (χ1n) is 11.8. The van der Waals surface area contributed by atoms with Gasteiger partial charge in [0.1, 0.15) is 18.1 Å². The van der Waals surface area contributed by atoms with Crippen molar-refractivity contribution < 1.29 is 22.3 Å². The maximum absolute atomic E-state index is 13.7. The second-order valence-corrected chi connectivity index (χ2v) is 11.8. The van der Waals surface area contributed by atoms with Gasteiger partial charge in [0, 0.05) is 17.2 Å². The normalized spacial score (nSPS) is 11.2. The number of halogens is 1. The summed E-state index contributed by atoms with van der Waals surface area (Å²) in [4.78, 5) is 13.9. The van der Waals surface area contributed by atoms with Gasteiger partial charge >= 0.3 is 0 Å². The van der Waals surface area contributed by atoms with E-state index in [-0.39, 0.29) is 17.3 Å². The summed E-state index contributed by atoms with van der Waals surface area (Å²) in [5, 5.41) is 2.83. The average Bonchev–Trinajstić information content (AvgIpc) is 2.91. The Bertz CT molecular complexity index is 1250. The van der Waals surface area contributed by atoms with Gasteiger partial charge in [-0.15, -0.1) is 11.8 Å². The first-order valence-corrected chi connectivity index (χ1v) is 15.6. The van der Waals surface area contributed by atoms with Crippen molar-refractivity contribution in [3.05, 3.63) is 84.2 Å². The molecule has 37 heavy (non-hydrogen) atoms. The lowest BCUT2D eigenvalue weighted by atomic mass is 10.2. The molecule has 0 atom stereocenters. The van der Waals surface area contributed by atoms with Crippen molar-refractivity contribution in [2.75, 3.05) is 36.0 Å². The fourth-order valence-electron chi connectivity index (χ4n) is 3.47. The molecule has 198 valence electrons. The number of amides is 1. The summed E-state index contributed by atoms with van der Waals surface area (Å²) < 4.78 is 47.1. The van der Waals surface area contributed by atoms with Gasteiger partial charge in [-0.05, 0) is 79.4 Å². The van der Waals surface area contributed by atoms with Crippen LogP contribution in [0.5, 0.6) is 5.75 Å². The molecular weight excluding hydrogens is 532 g/mol. The van der Waals surface area contributed by atoms with Gasteiger partial charge in [-0.1, -0.05) is 24.3 Å². The molecule has 0 bridgehead atoms. The Morgan fingerprint density at radius 3 is 2.41 bits per heavy atom. The minimum absolute atomic E-state index is 0.0987. The first kappa shape index (κ1) is 28.9. The number of para-hydroxylation sites is 2. The molecule has 0 aliphatic rings. The van der Waals surface area contributed by atoms with Crippen LogP contribution in [0.3, 0.4) is 0 Å². The molecule has 3 rings (SSSR count). The van der Waals surface area contributed by atoms with E-state index in [2.05, 4.69) is 5.32 Å². The Kier molecular flexibility index (Phi) is 11.2.